The minimum atomic E-state index is -3.85. The Kier molecular flexibility index (Phi) is 7.97. The van der Waals surface area contributed by atoms with E-state index in [1.807, 2.05) is 44.1 Å². The quantitative estimate of drug-likeness (QED) is 0.409. The van der Waals surface area contributed by atoms with Gasteiger partial charge in [0.25, 0.3) is 0 Å². The van der Waals surface area contributed by atoms with Gasteiger partial charge in [0.2, 0.25) is 15.9 Å². The summed E-state index contributed by atoms with van der Waals surface area (Å²) in [5, 5.41) is 1.01. The van der Waals surface area contributed by atoms with Crippen LogP contribution in [0.25, 0.3) is 10.2 Å². The standard InChI is InChI=1S/C24H29ClN4O4S2/c1-4-33-18-9-12-20-22(16-18)34-24(26-20)28(15-14-27(2)3)23(30)21-6-5-13-29(21)35(31,32)19-10-7-17(25)8-11-19/h7-12,16,21H,4-6,13-15H2,1-3H3. The summed E-state index contributed by atoms with van der Waals surface area (Å²) in [7, 11) is 0.0156. The first-order chi connectivity index (χ1) is 16.7. The van der Waals surface area contributed by atoms with Gasteiger partial charge in [0.15, 0.2) is 5.13 Å². The number of hydrogen-bond acceptors (Lipinski definition) is 7. The van der Waals surface area contributed by atoms with Crippen molar-refractivity contribution in [3.05, 3.63) is 47.5 Å². The number of amides is 1. The lowest BCUT2D eigenvalue weighted by Gasteiger charge is -2.29. The molecule has 1 aromatic heterocycles. The van der Waals surface area contributed by atoms with Gasteiger partial charge in [-0.2, -0.15) is 4.31 Å². The Bertz CT molecular complexity index is 1290. The average molecular weight is 537 g/mol. The molecule has 0 bridgehead atoms. The molecule has 1 fully saturated rings. The number of aromatic nitrogens is 1. The van der Waals surface area contributed by atoms with Crippen LogP contribution in [0.2, 0.25) is 5.02 Å². The van der Waals surface area contributed by atoms with Crippen LogP contribution in [0, 0.1) is 0 Å². The number of anilines is 1. The lowest BCUT2D eigenvalue weighted by atomic mass is 10.2. The molecule has 1 amide bonds. The van der Waals surface area contributed by atoms with Gasteiger partial charge in [-0.15, -0.1) is 0 Å². The van der Waals surface area contributed by atoms with Gasteiger partial charge in [0.05, 0.1) is 21.7 Å². The maximum absolute atomic E-state index is 13.9. The SMILES string of the molecule is CCOc1ccc2nc(N(CCN(C)C)C(=O)C3CCCN3S(=O)(=O)c3ccc(Cl)cc3)sc2c1. The van der Waals surface area contributed by atoms with Crippen LogP contribution >= 0.6 is 22.9 Å². The molecule has 1 aliphatic rings. The predicted molar refractivity (Wildman–Crippen MR) is 140 cm³/mol. The maximum atomic E-state index is 13.9. The number of carbonyl (C=O) groups excluding carboxylic acids is 1. The molecule has 1 unspecified atom stereocenters. The number of ether oxygens (including phenoxy) is 1. The number of fused-ring (bicyclic) bond motifs is 1. The molecular weight excluding hydrogens is 508 g/mol. The zero-order chi connectivity index (χ0) is 25.2. The molecule has 0 saturated carbocycles. The van der Waals surface area contributed by atoms with Crippen LogP contribution in [0.4, 0.5) is 5.13 Å². The number of halogens is 1. The van der Waals surface area contributed by atoms with Crippen molar-refractivity contribution in [2.45, 2.75) is 30.7 Å². The molecule has 8 nitrogen and oxygen atoms in total. The molecule has 188 valence electrons. The van der Waals surface area contributed by atoms with Crippen molar-refractivity contribution >= 4 is 54.2 Å². The van der Waals surface area contributed by atoms with E-state index in [0.717, 1.165) is 16.0 Å². The molecule has 0 N–H and O–H groups in total. The van der Waals surface area contributed by atoms with E-state index in [-0.39, 0.29) is 10.8 Å². The van der Waals surface area contributed by atoms with E-state index in [4.69, 9.17) is 21.3 Å². The van der Waals surface area contributed by atoms with Gasteiger partial charge in [-0.1, -0.05) is 22.9 Å². The second-order valence-electron chi connectivity index (χ2n) is 8.58. The van der Waals surface area contributed by atoms with Gasteiger partial charge in [-0.3, -0.25) is 9.69 Å². The topological polar surface area (TPSA) is 83.1 Å². The molecule has 2 heterocycles. The third-order valence-electron chi connectivity index (χ3n) is 5.84. The highest BCUT2D eigenvalue weighted by molar-refractivity contribution is 7.89. The van der Waals surface area contributed by atoms with Gasteiger partial charge >= 0.3 is 0 Å². The Morgan fingerprint density at radius 2 is 1.94 bits per heavy atom. The summed E-state index contributed by atoms with van der Waals surface area (Å²) in [6.45, 7) is 3.79. The van der Waals surface area contributed by atoms with Crippen LogP contribution in [-0.2, 0) is 14.8 Å². The molecule has 4 rings (SSSR count). The molecule has 3 aromatic rings. The fraction of sp³-hybridized carbons (Fsp3) is 0.417. The minimum Gasteiger partial charge on any atom is -0.494 e. The van der Waals surface area contributed by atoms with E-state index >= 15 is 0 Å². The normalized spacial score (nSPS) is 16.8. The molecule has 11 heteroatoms. The Balaban J connectivity index is 1.66. The highest BCUT2D eigenvalue weighted by Gasteiger charge is 2.42. The molecule has 1 saturated heterocycles. The summed E-state index contributed by atoms with van der Waals surface area (Å²) < 4.78 is 34.6. The highest BCUT2D eigenvalue weighted by atomic mass is 35.5. The monoisotopic (exact) mass is 536 g/mol. The zero-order valence-electron chi connectivity index (χ0n) is 20.0. The number of thiazole rings is 1. The van der Waals surface area contributed by atoms with Crippen molar-refractivity contribution in [3.8, 4) is 5.75 Å². The van der Waals surface area contributed by atoms with Crippen LogP contribution in [0.5, 0.6) is 5.75 Å². The van der Waals surface area contributed by atoms with Crippen molar-refractivity contribution in [3.63, 3.8) is 0 Å². The fourth-order valence-corrected chi connectivity index (χ4v) is 6.86. The highest BCUT2D eigenvalue weighted by Crippen LogP contribution is 2.34. The van der Waals surface area contributed by atoms with Crippen molar-refractivity contribution < 1.29 is 17.9 Å². The van der Waals surface area contributed by atoms with Crippen LogP contribution in [0.3, 0.4) is 0 Å². The first kappa shape index (κ1) is 25.8. The predicted octanol–water partition coefficient (Wildman–Crippen LogP) is 4.10. The van der Waals surface area contributed by atoms with Gasteiger partial charge in [-0.05, 0) is 76.3 Å². The largest absolute Gasteiger partial charge is 0.494 e. The van der Waals surface area contributed by atoms with E-state index in [0.29, 0.717) is 49.2 Å². The number of nitrogens with zero attached hydrogens (tertiary/aromatic N) is 4. The molecule has 1 atom stereocenters. The number of benzene rings is 2. The number of hydrogen-bond donors (Lipinski definition) is 0. The Morgan fingerprint density at radius 3 is 2.63 bits per heavy atom. The van der Waals surface area contributed by atoms with Crippen molar-refractivity contribution in [1.82, 2.24) is 14.2 Å². The Labute approximate surface area is 215 Å². The van der Waals surface area contributed by atoms with Crippen LogP contribution < -0.4 is 9.64 Å². The molecule has 0 aliphatic carbocycles. The summed E-state index contributed by atoms with van der Waals surface area (Å²) in [5.74, 6) is 0.489. The molecular formula is C24H29ClN4O4S2. The van der Waals surface area contributed by atoms with Gasteiger partial charge in [0, 0.05) is 24.7 Å². The number of rotatable bonds is 9. The summed E-state index contributed by atoms with van der Waals surface area (Å²) >= 11 is 7.35. The molecule has 0 spiro atoms. The lowest BCUT2D eigenvalue weighted by Crippen LogP contribution is -2.49. The average Bonchev–Trinajstić information content (AvgIpc) is 3.47. The molecule has 1 aliphatic heterocycles. The lowest BCUT2D eigenvalue weighted by molar-refractivity contribution is -0.121. The third kappa shape index (κ3) is 5.62. The number of carbonyl (C=O) groups is 1. The van der Waals surface area contributed by atoms with Crippen LogP contribution in [-0.4, -0.2) is 74.9 Å². The van der Waals surface area contributed by atoms with Crippen LogP contribution in [0.15, 0.2) is 47.4 Å². The van der Waals surface area contributed by atoms with E-state index in [1.54, 1.807) is 17.0 Å². The summed E-state index contributed by atoms with van der Waals surface area (Å²) in [5.41, 5.74) is 0.771. The fourth-order valence-electron chi connectivity index (χ4n) is 4.06. The number of likely N-dealkylation sites (N-methyl/N-ethyl adjacent to an activating group) is 1. The second kappa shape index (κ2) is 10.8. The smallest absolute Gasteiger partial charge is 0.247 e. The van der Waals surface area contributed by atoms with Gasteiger partial charge in [0.1, 0.15) is 11.8 Å². The van der Waals surface area contributed by atoms with E-state index in [2.05, 4.69) is 0 Å². The van der Waals surface area contributed by atoms with E-state index < -0.39 is 16.1 Å². The first-order valence-corrected chi connectivity index (χ1v) is 14.1. The van der Waals surface area contributed by atoms with Gasteiger partial charge in [-0.25, -0.2) is 13.4 Å². The summed E-state index contributed by atoms with van der Waals surface area (Å²) in [4.78, 5) is 22.3. The number of sulfonamides is 1. The van der Waals surface area contributed by atoms with Crippen molar-refractivity contribution in [2.24, 2.45) is 0 Å². The van der Waals surface area contributed by atoms with E-state index in [9.17, 15) is 13.2 Å². The first-order valence-electron chi connectivity index (χ1n) is 11.5. The minimum absolute atomic E-state index is 0.130. The Morgan fingerprint density at radius 1 is 1.20 bits per heavy atom. The third-order valence-corrected chi connectivity index (χ3v) is 9.05. The van der Waals surface area contributed by atoms with Gasteiger partial charge < -0.3 is 9.64 Å². The Hall–Kier alpha value is -2.24. The second-order valence-corrected chi connectivity index (χ2v) is 11.9. The van der Waals surface area contributed by atoms with Crippen molar-refractivity contribution in [2.75, 3.05) is 45.2 Å². The maximum Gasteiger partial charge on any atom is 0.247 e. The van der Waals surface area contributed by atoms with Crippen LogP contribution in [0.1, 0.15) is 19.8 Å². The summed E-state index contributed by atoms with van der Waals surface area (Å²) in [6, 6.07) is 10.9. The molecule has 35 heavy (non-hydrogen) atoms. The molecule has 2 aromatic carbocycles. The zero-order valence-corrected chi connectivity index (χ0v) is 22.4. The summed E-state index contributed by atoms with van der Waals surface area (Å²) in [6.07, 6.45) is 1.08. The van der Waals surface area contributed by atoms with Crippen molar-refractivity contribution in [1.29, 1.82) is 0 Å². The molecule has 0 radical (unpaired) electrons. The van der Waals surface area contributed by atoms with E-state index in [1.165, 1.54) is 27.8 Å².